The maximum Gasteiger partial charge on any atom is 0.124 e. The summed E-state index contributed by atoms with van der Waals surface area (Å²) >= 11 is 0. The van der Waals surface area contributed by atoms with Crippen molar-refractivity contribution in [1.82, 2.24) is 29.9 Å². The van der Waals surface area contributed by atoms with E-state index in [0.29, 0.717) is 18.4 Å². The van der Waals surface area contributed by atoms with Gasteiger partial charge in [0.25, 0.3) is 0 Å². The fourth-order valence-corrected chi connectivity index (χ4v) is 4.98. The molecule has 7 heteroatoms. The van der Waals surface area contributed by atoms with Crippen LogP contribution in [0.1, 0.15) is 55.6 Å². The molecule has 180 valence electrons. The van der Waals surface area contributed by atoms with Crippen molar-refractivity contribution in [2.45, 2.75) is 52.1 Å². The van der Waals surface area contributed by atoms with Gasteiger partial charge in [0.05, 0.1) is 35.9 Å². The van der Waals surface area contributed by atoms with Crippen LogP contribution in [0.3, 0.4) is 0 Å². The average molecular weight is 468 g/mol. The van der Waals surface area contributed by atoms with Crippen molar-refractivity contribution >= 4 is 5.82 Å². The van der Waals surface area contributed by atoms with Crippen molar-refractivity contribution < 1.29 is 0 Å². The van der Waals surface area contributed by atoms with Crippen LogP contribution in [0.15, 0.2) is 60.8 Å². The largest absolute Gasteiger partial charge is 0.384 e. The summed E-state index contributed by atoms with van der Waals surface area (Å²) in [5.41, 5.74) is 13.0. The number of benzene rings is 1. The highest BCUT2D eigenvalue weighted by Crippen LogP contribution is 2.28. The Morgan fingerprint density at radius 1 is 0.914 bits per heavy atom. The first kappa shape index (κ1) is 23.2. The highest BCUT2D eigenvalue weighted by atomic mass is 15.4. The molecule has 7 nitrogen and oxygen atoms in total. The Labute approximate surface area is 207 Å². The van der Waals surface area contributed by atoms with E-state index in [-0.39, 0.29) is 0 Å². The summed E-state index contributed by atoms with van der Waals surface area (Å²) < 4.78 is 1.84. The minimum Gasteiger partial charge on any atom is -0.384 e. The fourth-order valence-electron chi connectivity index (χ4n) is 4.98. The third-order valence-electron chi connectivity index (χ3n) is 6.71. The van der Waals surface area contributed by atoms with E-state index in [1.54, 1.807) is 0 Å². The van der Waals surface area contributed by atoms with Gasteiger partial charge in [-0.05, 0) is 69.6 Å². The fraction of sp³-hybridized carbons (Fsp3) is 0.357. The van der Waals surface area contributed by atoms with Crippen LogP contribution in [-0.2, 0) is 6.54 Å². The molecule has 0 amide bonds. The van der Waals surface area contributed by atoms with E-state index < -0.39 is 0 Å². The van der Waals surface area contributed by atoms with Gasteiger partial charge < -0.3 is 5.73 Å². The third-order valence-corrected chi connectivity index (χ3v) is 6.71. The summed E-state index contributed by atoms with van der Waals surface area (Å²) in [7, 11) is 0. The number of hydrogen-bond donors (Lipinski definition) is 1. The monoisotopic (exact) mass is 467 g/mol. The molecule has 1 atom stereocenters. The van der Waals surface area contributed by atoms with Gasteiger partial charge in [-0.2, -0.15) is 0 Å². The van der Waals surface area contributed by atoms with Gasteiger partial charge in [0, 0.05) is 11.1 Å². The van der Waals surface area contributed by atoms with Crippen LogP contribution >= 0.6 is 0 Å². The normalized spacial score (nSPS) is 15.3. The molecule has 0 bridgehead atoms. The first-order valence-corrected chi connectivity index (χ1v) is 12.5. The van der Waals surface area contributed by atoms with E-state index in [2.05, 4.69) is 64.4 Å². The highest BCUT2D eigenvalue weighted by molar-refractivity contribution is 5.71. The Morgan fingerprint density at radius 2 is 1.74 bits per heavy atom. The van der Waals surface area contributed by atoms with Crippen LogP contribution in [0, 0.1) is 6.92 Å². The molecule has 0 radical (unpaired) electrons. The van der Waals surface area contributed by atoms with E-state index in [9.17, 15) is 0 Å². The molecule has 4 heterocycles. The molecule has 1 aliphatic heterocycles. The zero-order valence-corrected chi connectivity index (χ0v) is 20.6. The number of likely N-dealkylation sites (tertiary alicyclic amines) is 1. The maximum atomic E-state index is 6.14. The van der Waals surface area contributed by atoms with Gasteiger partial charge in [-0.1, -0.05) is 48.4 Å². The zero-order valence-electron chi connectivity index (χ0n) is 20.6. The van der Waals surface area contributed by atoms with Crippen LogP contribution in [-0.4, -0.2) is 43.0 Å². The van der Waals surface area contributed by atoms with Crippen LogP contribution < -0.4 is 5.73 Å². The first-order chi connectivity index (χ1) is 17.1. The SMILES string of the molecule is CC[C@@H](c1cccc(Cn2cc(-c3cc(N)nc(-c4cccc(C)c4)c3)nn2)n1)N1CCCCC1. The number of aromatic nitrogens is 5. The lowest BCUT2D eigenvalue weighted by Gasteiger charge is -2.33. The number of hydrogen-bond acceptors (Lipinski definition) is 6. The van der Waals surface area contributed by atoms with Crippen molar-refractivity contribution in [3.05, 3.63) is 77.7 Å². The van der Waals surface area contributed by atoms with Crippen molar-refractivity contribution in [3.63, 3.8) is 0 Å². The van der Waals surface area contributed by atoms with Crippen molar-refractivity contribution in [1.29, 1.82) is 0 Å². The molecule has 0 saturated carbocycles. The summed E-state index contributed by atoms with van der Waals surface area (Å²) in [4.78, 5) is 12.1. The van der Waals surface area contributed by atoms with E-state index in [0.717, 1.165) is 53.4 Å². The lowest BCUT2D eigenvalue weighted by atomic mass is 10.0. The van der Waals surface area contributed by atoms with Crippen LogP contribution in [0.4, 0.5) is 5.82 Å². The molecule has 1 saturated heterocycles. The number of piperidine rings is 1. The van der Waals surface area contributed by atoms with Crippen molar-refractivity contribution in [2.24, 2.45) is 0 Å². The number of rotatable bonds is 7. The number of nitrogens with two attached hydrogens (primary N) is 1. The highest BCUT2D eigenvalue weighted by Gasteiger charge is 2.22. The van der Waals surface area contributed by atoms with Gasteiger partial charge >= 0.3 is 0 Å². The molecule has 4 aromatic rings. The quantitative estimate of drug-likeness (QED) is 0.398. The third kappa shape index (κ3) is 5.41. The molecule has 0 unspecified atom stereocenters. The van der Waals surface area contributed by atoms with Gasteiger partial charge in [0.1, 0.15) is 11.5 Å². The molecule has 0 spiro atoms. The summed E-state index contributed by atoms with van der Waals surface area (Å²) in [6.07, 6.45) is 6.92. The Kier molecular flexibility index (Phi) is 6.86. The van der Waals surface area contributed by atoms with Gasteiger partial charge in [0.15, 0.2) is 0 Å². The smallest absolute Gasteiger partial charge is 0.124 e. The standard InChI is InChI=1S/C28H33N7/c1-3-27(34-13-5-4-6-14-34)24-12-8-11-23(30-24)18-35-19-26(32-33-35)22-16-25(31-28(29)17-22)21-10-7-9-20(2)15-21/h7-12,15-17,19,27H,3-6,13-14,18H2,1-2H3,(H2,29,31)/t27-/m0/s1. The maximum absolute atomic E-state index is 6.14. The van der Waals surface area contributed by atoms with Crippen molar-refractivity contribution in [2.75, 3.05) is 18.8 Å². The van der Waals surface area contributed by atoms with Gasteiger partial charge in [0.2, 0.25) is 0 Å². The second-order valence-corrected chi connectivity index (χ2v) is 9.41. The van der Waals surface area contributed by atoms with E-state index in [1.807, 2.05) is 35.1 Å². The number of pyridine rings is 2. The minimum absolute atomic E-state index is 0.376. The number of anilines is 1. The number of nitrogens with zero attached hydrogens (tertiary/aromatic N) is 6. The first-order valence-electron chi connectivity index (χ1n) is 12.5. The molecule has 35 heavy (non-hydrogen) atoms. The Bertz CT molecular complexity index is 1290. The van der Waals surface area contributed by atoms with Crippen LogP contribution in [0.5, 0.6) is 0 Å². The second kappa shape index (κ2) is 10.4. The summed E-state index contributed by atoms with van der Waals surface area (Å²) in [5.74, 6) is 0.464. The second-order valence-electron chi connectivity index (χ2n) is 9.41. The molecule has 0 aliphatic carbocycles. The Morgan fingerprint density at radius 3 is 2.54 bits per heavy atom. The predicted octanol–water partition coefficient (Wildman–Crippen LogP) is 5.28. The lowest BCUT2D eigenvalue weighted by molar-refractivity contribution is 0.156. The molecule has 5 rings (SSSR count). The Hall–Kier alpha value is -3.58. The van der Waals surface area contributed by atoms with Crippen LogP contribution in [0.25, 0.3) is 22.5 Å². The molecular formula is C28H33N7. The Balaban J connectivity index is 1.36. The van der Waals surface area contributed by atoms with E-state index in [4.69, 9.17) is 10.7 Å². The molecule has 1 aliphatic rings. The minimum atomic E-state index is 0.376. The van der Waals surface area contributed by atoms with E-state index in [1.165, 1.54) is 24.8 Å². The lowest BCUT2D eigenvalue weighted by Crippen LogP contribution is -2.34. The van der Waals surface area contributed by atoms with E-state index >= 15 is 0 Å². The molecular weight excluding hydrogens is 434 g/mol. The zero-order chi connectivity index (χ0) is 24.2. The average Bonchev–Trinajstić information content (AvgIpc) is 3.34. The molecule has 1 aromatic carbocycles. The molecule has 3 aromatic heterocycles. The van der Waals surface area contributed by atoms with Gasteiger partial charge in [-0.3, -0.25) is 9.88 Å². The predicted molar refractivity (Wildman–Crippen MR) is 140 cm³/mol. The van der Waals surface area contributed by atoms with Crippen molar-refractivity contribution in [3.8, 4) is 22.5 Å². The summed E-state index contributed by atoms with van der Waals surface area (Å²) in [5, 5.41) is 8.79. The van der Waals surface area contributed by atoms with Gasteiger partial charge in [-0.15, -0.1) is 5.10 Å². The topological polar surface area (TPSA) is 85.8 Å². The number of nitrogen functional groups attached to an aromatic ring is 1. The molecule has 2 N–H and O–H groups in total. The summed E-state index contributed by atoms with van der Waals surface area (Å²) in [6.45, 7) is 7.22. The number of aryl methyl sites for hydroxylation is 1. The summed E-state index contributed by atoms with van der Waals surface area (Å²) in [6, 6.07) is 18.8. The molecule has 1 fully saturated rings. The van der Waals surface area contributed by atoms with Gasteiger partial charge in [-0.25, -0.2) is 9.67 Å². The van der Waals surface area contributed by atoms with Crippen LogP contribution in [0.2, 0.25) is 0 Å².